The molecular formula is C10H10N4OS. The molecule has 2 aromatic rings. The first-order valence-corrected chi connectivity index (χ1v) is 5.44. The molecule has 2 N–H and O–H groups in total. The molecule has 1 amide bonds. The van der Waals surface area contributed by atoms with Gasteiger partial charge in [-0.25, -0.2) is 9.78 Å². The molecule has 16 heavy (non-hydrogen) atoms. The molecule has 2 rings (SSSR count). The molecule has 0 aliphatic heterocycles. The number of carbonyl (C=O) groups excluding carboxylic acids is 1. The third-order valence-electron chi connectivity index (χ3n) is 1.99. The highest BCUT2D eigenvalue weighted by molar-refractivity contribution is 7.16. The van der Waals surface area contributed by atoms with Gasteiger partial charge in [-0.05, 0) is 6.92 Å². The summed E-state index contributed by atoms with van der Waals surface area (Å²) in [5, 5.41) is 2.00. The van der Waals surface area contributed by atoms with Crippen molar-refractivity contribution in [2.75, 3.05) is 0 Å². The maximum Gasteiger partial charge on any atom is 0.328 e. The molecule has 0 saturated carbocycles. The van der Waals surface area contributed by atoms with E-state index in [1.54, 1.807) is 25.5 Å². The Kier molecular flexibility index (Phi) is 3.02. The van der Waals surface area contributed by atoms with Gasteiger partial charge in [0.1, 0.15) is 10.7 Å². The summed E-state index contributed by atoms with van der Waals surface area (Å²) in [6.07, 6.45) is 4.82. The number of nitrogens with zero attached hydrogens (tertiary/aromatic N) is 3. The minimum absolute atomic E-state index is 0.106. The molecule has 6 heteroatoms. The standard InChI is InChI=1S/C10H10N4OS/c1-6-8(9(15)11-2)16-10(14-6)7-5-12-3-4-13-7/h3-5H,2,11H2,1H3. The number of primary amides is 1. The van der Waals surface area contributed by atoms with Gasteiger partial charge in [0.25, 0.3) is 0 Å². The molecular weight excluding hydrogens is 224 g/mol. The molecule has 2 heterocycles. The van der Waals surface area contributed by atoms with Crippen molar-refractivity contribution < 1.29 is 10.1 Å². The molecule has 0 atom stereocenters. The zero-order valence-electron chi connectivity index (χ0n) is 8.67. The molecule has 0 aliphatic rings. The van der Waals surface area contributed by atoms with Crippen molar-refractivity contribution in [3.05, 3.63) is 36.2 Å². The number of quaternary nitrogens is 1. The van der Waals surface area contributed by atoms with E-state index in [2.05, 4.69) is 22.0 Å². The lowest BCUT2D eigenvalue weighted by Gasteiger charge is -1.93. The second kappa shape index (κ2) is 4.46. The first-order chi connectivity index (χ1) is 7.72. The zero-order valence-corrected chi connectivity index (χ0v) is 9.49. The fourth-order valence-corrected chi connectivity index (χ4v) is 2.20. The first-order valence-electron chi connectivity index (χ1n) is 4.63. The van der Waals surface area contributed by atoms with Gasteiger partial charge in [0, 0.05) is 12.4 Å². The maximum atomic E-state index is 11.5. The van der Waals surface area contributed by atoms with E-state index in [1.807, 2.05) is 0 Å². The predicted molar refractivity (Wildman–Crippen MR) is 59.5 cm³/mol. The molecule has 2 aromatic heterocycles. The average molecular weight is 234 g/mol. The van der Waals surface area contributed by atoms with Gasteiger partial charge in [-0.15, -0.1) is 18.4 Å². The number of rotatable bonds is 2. The number of hydrogen-bond donors (Lipinski definition) is 1. The van der Waals surface area contributed by atoms with E-state index >= 15 is 0 Å². The van der Waals surface area contributed by atoms with Crippen LogP contribution in [0.5, 0.6) is 0 Å². The van der Waals surface area contributed by atoms with Gasteiger partial charge < -0.3 is 5.32 Å². The summed E-state index contributed by atoms with van der Waals surface area (Å²) in [5.41, 5.74) is 1.38. The molecule has 0 spiro atoms. The minimum Gasteiger partial charge on any atom is -0.410 e. The Labute approximate surface area is 96.6 Å². The van der Waals surface area contributed by atoms with E-state index in [9.17, 15) is 4.79 Å². The van der Waals surface area contributed by atoms with E-state index in [0.717, 1.165) is 0 Å². The van der Waals surface area contributed by atoms with Crippen molar-refractivity contribution >= 4 is 17.2 Å². The van der Waals surface area contributed by atoms with Crippen LogP contribution >= 0.6 is 11.3 Å². The lowest BCUT2D eigenvalue weighted by atomic mass is 10.4. The second-order valence-corrected chi connectivity index (χ2v) is 4.09. The van der Waals surface area contributed by atoms with Crippen LogP contribution in [0.15, 0.2) is 18.6 Å². The summed E-state index contributed by atoms with van der Waals surface area (Å²) < 4.78 is 0. The van der Waals surface area contributed by atoms with Crippen molar-refractivity contribution in [1.29, 1.82) is 0 Å². The molecule has 0 aromatic carbocycles. The molecule has 0 saturated heterocycles. The summed E-state index contributed by atoms with van der Waals surface area (Å²) in [6.45, 7) is 1.80. The van der Waals surface area contributed by atoms with E-state index in [-0.39, 0.29) is 5.91 Å². The van der Waals surface area contributed by atoms with Crippen LogP contribution in [0.4, 0.5) is 0 Å². The van der Waals surface area contributed by atoms with Gasteiger partial charge in [-0.1, -0.05) is 0 Å². The predicted octanol–water partition coefficient (Wildman–Crippen LogP) is 0.404. The first kappa shape index (κ1) is 10.8. The third-order valence-corrected chi connectivity index (χ3v) is 3.18. The zero-order chi connectivity index (χ0) is 11.5. The normalized spacial score (nSPS) is 10.4. The van der Waals surface area contributed by atoms with Crippen LogP contribution in [-0.2, 0) is 0 Å². The van der Waals surface area contributed by atoms with Crippen molar-refractivity contribution in [2.45, 2.75) is 6.92 Å². The Hall–Kier alpha value is -1.66. The van der Waals surface area contributed by atoms with Crippen molar-refractivity contribution in [2.24, 2.45) is 0 Å². The van der Waals surface area contributed by atoms with Crippen LogP contribution in [0.2, 0.25) is 0 Å². The molecule has 5 nitrogen and oxygen atoms in total. The van der Waals surface area contributed by atoms with Crippen LogP contribution in [-0.4, -0.2) is 20.9 Å². The number of carbonyl (C=O) groups is 1. The van der Waals surface area contributed by atoms with Crippen molar-refractivity contribution in [3.8, 4) is 10.7 Å². The molecule has 0 fully saturated rings. The third kappa shape index (κ3) is 1.98. The minimum atomic E-state index is -0.106. The molecule has 0 unspecified atom stereocenters. The van der Waals surface area contributed by atoms with Crippen LogP contribution in [0.25, 0.3) is 10.7 Å². The lowest BCUT2D eigenvalue weighted by molar-refractivity contribution is -0.489. The Balaban J connectivity index is 2.42. The fourth-order valence-electron chi connectivity index (χ4n) is 1.24. The highest BCUT2D eigenvalue weighted by Crippen LogP contribution is 2.25. The van der Waals surface area contributed by atoms with Crippen LogP contribution in [0.1, 0.15) is 15.4 Å². The fraction of sp³-hybridized carbons (Fsp3) is 0.100. The lowest BCUT2D eigenvalue weighted by Crippen LogP contribution is -2.81. The number of hydrogen-bond acceptors (Lipinski definition) is 5. The van der Waals surface area contributed by atoms with E-state index < -0.39 is 0 Å². The summed E-state index contributed by atoms with van der Waals surface area (Å²) >= 11 is 1.31. The van der Waals surface area contributed by atoms with Gasteiger partial charge in [0.15, 0.2) is 4.88 Å². The monoisotopic (exact) mass is 234 g/mol. The van der Waals surface area contributed by atoms with Gasteiger partial charge in [0.05, 0.1) is 11.9 Å². The Morgan fingerprint density at radius 3 is 2.94 bits per heavy atom. The molecule has 0 radical (unpaired) electrons. The summed E-state index contributed by atoms with van der Waals surface area (Å²) in [5.74, 6) is -0.106. The van der Waals surface area contributed by atoms with E-state index in [0.29, 0.717) is 21.3 Å². The molecule has 0 aliphatic carbocycles. The van der Waals surface area contributed by atoms with Crippen LogP contribution in [0.3, 0.4) is 0 Å². The van der Waals surface area contributed by atoms with Gasteiger partial charge in [-0.3, -0.25) is 9.97 Å². The smallest absolute Gasteiger partial charge is 0.328 e. The maximum absolute atomic E-state index is 11.5. The number of aryl methyl sites for hydroxylation is 1. The Bertz CT molecular complexity index is 509. The Morgan fingerprint density at radius 2 is 2.31 bits per heavy atom. The average Bonchev–Trinajstić information content (AvgIpc) is 2.71. The SMILES string of the molecule is [CH2-][NH2+]C(=O)c1sc(-c2cnccn2)nc1C. The molecule has 82 valence electrons. The van der Waals surface area contributed by atoms with Crippen molar-refractivity contribution in [3.63, 3.8) is 0 Å². The van der Waals surface area contributed by atoms with Crippen LogP contribution in [0, 0.1) is 14.0 Å². The van der Waals surface area contributed by atoms with E-state index in [4.69, 9.17) is 0 Å². The highest BCUT2D eigenvalue weighted by Gasteiger charge is 2.16. The summed E-state index contributed by atoms with van der Waals surface area (Å²) in [7, 11) is 3.46. The topological polar surface area (TPSA) is 72.3 Å². The van der Waals surface area contributed by atoms with Gasteiger partial charge in [-0.2, -0.15) is 0 Å². The quantitative estimate of drug-likeness (QED) is 0.764. The van der Waals surface area contributed by atoms with Gasteiger partial charge in [0.2, 0.25) is 0 Å². The number of nitrogens with two attached hydrogens (primary N) is 1. The van der Waals surface area contributed by atoms with Gasteiger partial charge >= 0.3 is 5.91 Å². The number of amides is 1. The largest absolute Gasteiger partial charge is 0.410 e. The second-order valence-electron chi connectivity index (χ2n) is 3.09. The van der Waals surface area contributed by atoms with Crippen molar-refractivity contribution in [1.82, 2.24) is 15.0 Å². The Morgan fingerprint density at radius 1 is 1.50 bits per heavy atom. The summed E-state index contributed by atoms with van der Waals surface area (Å²) in [6, 6.07) is 0. The number of aromatic nitrogens is 3. The summed E-state index contributed by atoms with van der Waals surface area (Å²) in [4.78, 5) is 24.5. The van der Waals surface area contributed by atoms with Crippen LogP contribution < -0.4 is 5.32 Å². The highest BCUT2D eigenvalue weighted by atomic mass is 32.1. The number of thiazole rings is 1. The molecule has 0 bridgehead atoms. The van der Waals surface area contributed by atoms with E-state index in [1.165, 1.54) is 16.7 Å².